The van der Waals surface area contributed by atoms with Crippen LogP contribution < -0.4 is 5.56 Å². The third kappa shape index (κ3) is 2.86. The van der Waals surface area contributed by atoms with Gasteiger partial charge in [-0.25, -0.2) is 4.98 Å². The van der Waals surface area contributed by atoms with Gasteiger partial charge in [0.1, 0.15) is 0 Å². The molecular weight excluding hydrogens is 306 g/mol. The molecule has 0 unspecified atom stereocenters. The highest BCUT2D eigenvalue weighted by Crippen LogP contribution is 2.19. The van der Waals surface area contributed by atoms with Crippen molar-refractivity contribution in [2.45, 2.75) is 6.54 Å². The van der Waals surface area contributed by atoms with Crippen molar-refractivity contribution in [3.63, 3.8) is 0 Å². The maximum Gasteiger partial charge on any atom is 0.261 e. The maximum atomic E-state index is 13.0. The molecule has 0 radical (unpaired) electrons. The SMILES string of the molecule is O=c1c2ccccc2nc(-c2ccco2)n1CCN1CCOCC1. The van der Waals surface area contributed by atoms with E-state index >= 15 is 0 Å². The van der Waals surface area contributed by atoms with Crippen LogP contribution in [0.2, 0.25) is 0 Å². The highest BCUT2D eigenvalue weighted by atomic mass is 16.5. The number of hydrogen-bond acceptors (Lipinski definition) is 5. The number of ether oxygens (including phenoxy) is 1. The van der Waals surface area contributed by atoms with E-state index in [2.05, 4.69) is 9.88 Å². The molecule has 6 heteroatoms. The molecule has 1 aliphatic rings. The van der Waals surface area contributed by atoms with Crippen LogP contribution in [0, 0.1) is 0 Å². The number of furan rings is 1. The summed E-state index contributed by atoms with van der Waals surface area (Å²) in [6, 6.07) is 11.1. The van der Waals surface area contributed by atoms with Gasteiger partial charge in [0.15, 0.2) is 11.6 Å². The maximum absolute atomic E-state index is 13.0. The zero-order valence-corrected chi connectivity index (χ0v) is 13.4. The molecule has 3 aromatic rings. The third-order valence-electron chi connectivity index (χ3n) is 4.35. The van der Waals surface area contributed by atoms with Crippen LogP contribution in [0.15, 0.2) is 51.9 Å². The molecule has 1 fully saturated rings. The van der Waals surface area contributed by atoms with Crippen molar-refractivity contribution in [2.75, 3.05) is 32.8 Å². The highest BCUT2D eigenvalue weighted by Gasteiger charge is 2.16. The van der Waals surface area contributed by atoms with Crippen molar-refractivity contribution in [3.8, 4) is 11.6 Å². The van der Waals surface area contributed by atoms with E-state index in [1.165, 1.54) is 0 Å². The second-order valence-electron chi connectivity index (χ2n) is 5.84. The number of benzene rings is 1. The first-order valence-electron chi connectivity index (χ1n) is 8.16. The summed E-state index contributed by atoms with van der Waals surface area (Å²) >= 11 is 0. The molecule has 24 heavy (non-hydrogen) atoms. The van der Waals surface area contributed by atoms with Gasteiger partial charge in [0, 0.05) is 26.2 Å². The van der Waals surface area contributed by atoms with Crippen LogP contribution in [0.3, 0.4) is 0 Å². The Balaban J connectivity index is 1.75. The van der Waals surface area contributed by atoms with Crippen LogP contribution in [0.4, 0.5) is 0 Å². The van der Waals surface area contributed by atoms with E-state index in [1.807, 2.05) is 36.4 Å². The fourth-order valence-electron chi connectivity index (χ4n) is 3.04. The van der Waals surface area contributed by atoms with Crippen molar-refractivity contribution in [3.05, 3.63) is 53.0 Å². The van der Waals surface area contributed by atoms with Gasteiger partial charge in [-0.15, -0.1) is 0 Å². The van der Waals surface area contributed by atoms with Crippen molar-refractivity contribution >= 4 is 10.9 Å². The molecule has 6 nitrogen and oxygen atoms in total. The van der Waals surface area contributed by atoms with Gasteiger partial charge in [0.2, 0.25) is 0 Å². The topological polar surface area (TPSA) is 60.5 Å². The lowest BCUT2D eigenvalue weighted by atomic mass is 10.2. The molecule has 0 amide bonds. The first-order valence-corrected chi connectivity index (χ1v) is 8.16. The summed E-state index contributed by atoms with van der Waals surface area (Å²) in [7, 11) is 0. The summed E-state index contributed by atoms with van der Waals surface area (Å²) in [6.07, 6.45) is 1.60. The standard InChI is InChI=1S/C18H19N3O3/c22-18-14-4-1-2-5-15(14)19-17(16-6-3-11-24-16)21(18)8-7-20-9-12-23-13-10-20/h1-6,11H,7-10,12-13H2. The van der Waals surface area contributed by atoms with Crippen molar-refractivity contribution in [1.29, 1.82) is 0 Å². The lowest BCUT2D eigenvalue weighted by molar-refractivity contribution is 0.0363. The minimum Gasteiger partial charge on any atom is -0.461 e. The van der Waals surface area contributed by atoms with Crippen molar-refractivity contribution < 1.29 is 9.15 Å². The van der Waals surface area contributed by atoms with E-state index in [0.717, 1.165) is 32.8 Å². The van der Waals surface area contributed by atoms with Crippen LogP contribution in [0.25, 0.3) is 22.5 Å². The van der Waals surface area contributed by atoms with Gasteiger partial charge in [-0.05, 0) is 24.3 Å². The molecule has 1 saturated heterocycles. The number of fused-ring (bicyclic) bond motifs is 1. The summed E-state index contributed by atoms with van der Waals surface area (Å²) < 4.78 is 12.6. The van der Waals surface area contributed by atoms with Crippen LogP contribution in [0.5, 0.6) is 0 Å². The van der Waals surface area contributed by atoms with E-state index in [4.69, 9.17) is 9.15 Å². The quantitative estimate of drug-likeness (QED) is 0.734. The van der Waals surface area contributed by atoms with Crippen molar-refractivity contribution in [2.24, 2.45) is 0 Å². The monoisotopic (exact) mass is 325 g/mol. The minimum atomic E-state index is -0.0275. The van der Waals surface area contributed by atoms with Crippen LogP contribution >= 0.6 is 0 Å². The number of nitrogens with zero attached hydrogens (tertiary/aromatic N) is 3. The predicted octanol–water partition coefficient (Wildman–Crippen LogP) is 1.99. The van der Waals surface area contributed by atoms with Gasteiger partial charge in [0.25, 0.3) is 5.56 Å². The average molecular weight is 325 g/mol. The second kappa shape index (κ2) is 6.59. The van der Waals surface area contributed by atoms with E-state index in [9.17, 15) is 4.79 Å². The number of para-hydroxylation sites is 1. The second-order valence-corrected chi connectivity index (χ2v) is 5.84. The normalized spacial score (nSPS) is 15.8. The zero-order chi connectivity index (χ0) is 16.4. The fourth-order valence-corrected chi connectivity index (χ4v) is 3.04. The molecule has 2 aromatic heterocycles. The van der Waals surface area contributed by atoms with Crippen LogP contribution in [-0.4, -0.2) is 47.3 Å². The average Bonchev–Trinajstić information content (AvgIpc) is 3.16. The Kier molecular flexibility index (Phi) is 4.15. The van der Waals surface area contributed by atoms with Crippen LogP contribution in [-0.2, 0) is 11.3 Å². The van der Waals surface area contributed by atoms with Crippen LogP contribution in [0.1, 0.15) is 0 Å². The fraction of sp³-hybridized carbons (Fsp3) is 0.333. The first-order chi connectivity index (χ1) is 11.8. The number of aromatic nitrogens is 2. The summed E-state index contributed by atoms with van der Waals surface area (Å²) in [6.45, 7) is 4.65. The highest BCUT2D eigenvalue weighted by molar-refractivity contribution is 5.79. The van der Waals surface area contributed by atoms with E-state index in [1.54, 1.807) is 10.8 Å². The Bertz CT molecular complexity index is 880. The van der Waals surface area contributed by atoms with Gasteiger partial charge in [-0.3, -0.25) is 14.3 Å². The lowest BCUT2D eigenvalue weighted by Crippen LogP contribution is -2.39. The Morgan fingerprint density at radius 3 is 2.67 bits per heavy atom. The van der Waals surface area contributed by atoms with E-state index < -0.39 is 0 Å². The van der Waals surface area contributed by atoms with Gasteiger partial charge in [-0.1, -0.05) is 12.1 Å². The zero-order valence-electron chi connectivity index (χ0n) is 13.4. The molecule has 1 aliphatic heterocycles. The number of hydrogen-bond donors (Lipinski definition) is 0. The lowest BCUT2D eigenvalue weighted by Gasteiger charge is -2.27. The molecule has 124 valence electrons. The van der Waals surface area contributed by atoms with Gasteiger partial charge in [0.05, 0.1) is 30.4 Å². The first kappa shape index (κ1) is 15.1. The molecule has 3 heterocycles. The molecule has 1 aromatic carbocycles. The number of morpholine rings is 1. The van der Waals surface area contributed by atoms with Crippen molar-refractivity contribution in [1.82, 2.24) is 14.5 Å². The summed E-state index contributed by atoms with van der Waals surface area (Å²) in [5, 5.41) is 0.634. The van der Waals surface area contributed by atoms with Gasteiger partial charge in [-0.2, -0.15) is 0 Å². The van der Waals surface area contributed by atoms with Gasteiger partial charge >= 0.3 is 0 Å². The minimum absolute atomic E-state index is 0.0275. The van der Waals surface area contributed by atoms with E-state index in [-0.39, 0.29) is 5.56 Å². The van der Waals surface area contributed by atoms with E-state index in [0.29, 0.717) is 29.0 Å². The molecule has 0 spiro atoms. The predicted molar refractivity (Wildman–Crippen MR) is 91.0 cm³/mol. The Hall–Kier alpha value is -2.44. The molecule has 0 atom stereocenters. The molecule has 0 saturated carbocycles. The number of rotatable bonds is 4. The largest absolute Gasteiger partial charge is 0.461 e. The summed E-state index contributed by atoms with van der Waals surface area (Å²) in [5.41, 5.74) is 0.664. The smallest absolute Gasteiger partial charge is 0.261 e. The molecule has 0 aliphatic carbocycles. The molecule has 4 rings (SSSR count). The third-order valence-corrected chi connectivity index (χ3v) is 4.35. The Morgan fingerprint density at radius 2 is 1.88 bits per heavy atom. The van der Waals surface area contributed by atoms with Gasteiger partial charge < -0.3 is 9.15 Å². The molecular formula is C18H19N3O3. The molecule has 0 bridgehead atoms. The Labute approximate surface area is 139 Å². The Morgan fingerprint density at radius 1 is 1.04 bits per heavy atom. The molecule has 0 N–H and O–H groups in total. The summed E-state index contributed by atoms with van der Waals surface area (Å²) in [5.74, 6) is 1.19. The summed E-state index contributed by atoms with van der Waals surface area (Å²) in [4.78, 5) is 19.9.